The van der Waals surface area contributed by atoms with Crippen molar-refractivity contribution in [1.29, 1.82) is 0 Å². The topological polar surface area (TPSA) is 93.2 Å². The maximum absolute atomic E-state index is 13.3. The van der Waals surface area contributed by atoms with Crippen LogP contribution >= 0.6 is 11.6 Å². The van der Waals surface area contributed by atoms with Gasteiger partial charge in [-0.3, -0.25) is 9.59 Å². The number of nitrogens with one attached hydrogen (secondary N) is 1. The number of benzene rings is 2. The Kier molecular flexibility index (Phi) is 6.77. The minimum atomic E-state index is -0.209. The molecule has 1 fully saturated rings. The minimum absolute atomic E-state index is 0.0346. The normalized spacial score (nSPS) is 16.4. The number of hydrogen-bond donors (Lipinski definition) is 2. The fraction of sp³-hybridized carbons (Fsp3) is 0.370. The summed E-state index contributed by atoms with van der Waals surface area (Å²) in [5.41, 5.74) is 10.8. The van der Waals surface area contributed by atoms with Crippen LogP contribution in [0.2, 0.25) is 5.02 Å². The quantitative estimate of drug-likeness (QED) is 0.504. The van der Waals surface area contributed by atoms with Gasteiger partial charge in [0.05, 0.1) is 5.69 Å². The first-order valence-corrected chi connectivity index (χ1v) is 12.7. The van der Waals surface area contributed by atoms with Crippen LogP contribution in [0.1, 0.15) is 53.8 Å². The number of nitrogens with two attached hydrogens (primary N) is 1. The first-order valence-electron chi connectivity index (χ1n) is 12.3. The van der Waals surface area contributed by atoms with Gasteiger partial charge in [-0.05, 0) is 87.1 Å². The van der Waals surface area contributed by atoms with Gasteiger partial charge in [-0.1, -0.05) is 18.0 Å². The largest absolute Gasteiger partial charge is 0.371 e. The zero-order valence-corrected chi connectivity index (χ0v) is 20.4. The number of carbonyl (C=O) groups excluding carboxylic acids is 2. The Morgan fingerprint density at radius 1 is 0.914 bits per heavy atom. The molecule has 182 valence electrons. The van der Waals surface area contributed by atoms with Crippen molar-refractivity contribution < 1.29 is 9.59 Å². The summed E-state index contributed by atoms with van der Waals surface area (Å²) in [6.45, 7) is 1.60. The third-order valence-corrected chi connectivity index (χ3v) is 7.36. The summed E-state index contributed by atoms with van der Waals surface area (Å²) in [6, 6.07) is 15.4. The SMILES string of the molecule is NC(=O)C1CCN(c2ccc(NC(=O)c3nn(-c4ccc(Cl)cc4)c4c3CCCCC4)cc2)CC1. The zero-order valence-electron chi connectivity index (χ0n) is 19.7. The highest BCUT2D eigenvalue weighted by Crippen LogP contribution is 2.28. The highest BCUT2D eigenvalue weighted by Gasteiger charge is 2.26. The summed E-state index contributed by atoms with van der Waals surface area (Å²) in [7, 11) is 0. The van der Waals surface area contributed by atoms with Gasteiger partial charge in [0.2, 0.25) is 5.91 Å². The van der Waals surface area contributed by atoms with E-state index in [2.05, 4.69) is 10.2 Å². The standard InChI is InChI=1S/C27H30ClN5O2/c28-19-6-10-22(11-7-19)33-24-5-3-1-2-4-23(24)25(31-33)27(35)30-20-8-12-21(13-9-20)32-16-14-18(15-17-32)26(29)34/h6-13,18H,1-5,14-17H2,(H2,29,34)(H,30,35). The smallest absolute Gasteiger partial charge is 0.276 e. The Labute approximate surface area is 210 Å². The van der Waals surface area contributed by atoms with Gasteiger partial charge in [-0.25, -0.2) is 4.68 Å². The third-order valence-electron chi connectivity index (χ3n) is 7.10. The van der Waals surface area contributed by atoms with Crippen LogP contribution in [0.5, 0.6) is 0 Å². The first kappa shape index (κ1) is 23.4. The number of amides is 2. The lowest BCUT2D eigenvalue weighted by Crippen LogP contribution is -2.38. The van der Waals surface area contributed by atoms with Crippen molar-refractivity contribution in [2.24, 2.45) is 11.7 Å². The molecule has 3 N–H and O–H groups in total. The molecule has 8 heteroatoms. The van der Waals surface area contributed by atoms with Crippen LogP contribution in [0.25, 0.3) is 5.69 Å². The van der Waals surface area contributed by atoms with Gasteiger partial charge in [-0.2, -0.15) is 5.10 Å². The number of anilines is 2. The van der Waals surface area contributed by atoms with Crippen LogP contribution in [-0.4, -0.2) is 34.7 Å². The summed E-state index contributed by atoms with van der Waals surface area (Å²) in [6.07, 6.45) is 6.59. The molecule has 0 spiro atoms. The van der Waals surface area contributed by atoms with E-state index in [1.807, 2.05) is 53.2 Å². The summed E-state index contributed by atoms with van der Waals surface area (Å²) < 4.78 is 1.91. The molecule has 2 amide bonds. The summed E-state index contributed by atoms with van der Waals surface area (Å²) in [5, 5.41) is 8.47. The summed E-state index contributed by atoms with van der Waals surface area (Å²) >= 11 is 6.08. The van der Waals surface area contributed by atoms with Gasteiger partial charge in [0.1, 0.15) is 0 Å². The predicted octanol–water partition coefficient (Wildman–Crippen LogP) is 4.75. The van der Waals surface area contributed by atoms with Crippen LogP contribution in [0.3, 0.4) is 0 Å². The Morgan fingerprint density at radius 3 is 2.26 bits per heavy atom. The van der Waals surface area contributed by atoms with E-state index in [1.54, 1.807) is 0 Å². The lowest BCUT2D eigenvalue weighted by Gasteiger charge is -2.32. The molecule has 1 saturated heterocycles. The average molecular weight is 492 g/mol. The Hall–Kier alpha value is -3.32. The highest BCUT2D eigenvalue weighted by molar-refractivity contribution is 6.30. The number of halogens is 1. The van der Waals surface area contributed by atoms with Crippen molar-refractivity contribution in [3.63, 3.8) is 0 Å². The average Bonchev–Trinajstić information content (AvgIpc) is 3.06. The maximum Gasteiger partial charge on any atom is 0.276 e. The first-order chi connectivity index (χ1) is 17.0. The molecule has 1 aliphatic heterocycles. The number of nitrogens with zero attached hydrogens (tertiary/aromatic N) is 3. The van der Waals surface area contributed by atoms with Crippen molar-refractivity contribution in [2.45, 2.75) is 44.9 Å². The molecule has 1 aromatic heterocycles. The van der Waals surface area contributed by atoms with Gasteiger partial charge in [0, 0.05) is 46.7 Å². The lowest BCUT2D eigenvalue weighted by atomic mass is 9.96. The van der Waals surface area contributed by atoms with Crippen LogP contribution in [0, 0.1) is 5.92 Å². The van der Waals surface area contributed by atoms with Gasteiger partial charge in [0.15, 0.2) is 5.69 Å². The van der Waals surface area contributed by atoms with Crippen molar-refractivity contribution in [3.8, 4) is 5.69 Å². The number of primary amides is 1. The number of fused-ring (bicyclic) bond motifs is 1. The molecular weight excluding hydrogens is 462 g/mol. The van der Waals surface area contributed by atoms with Crippen molar-refractivity contribution >= 4 is 34.8 Å². The predicted molar refractivity (Wildman–Crippen MR) is 138 cm³/mol. The van der Waals surface area contributed by atoms with Gasteiger partial charge < -0.3 is 16.0 Å². The Balaban J connectivity index is 1.33. The van der Waals surface area contributed by atoms with Crippen LogP contribution in [0.4, 0.5) is 11.4 Å². The number of carbonyl (C=O) groups is 2. The molecule has 0 bridgehead atoms. The molecule has 7 nitrogen and oxygen atoms in total. The van der Waals surface area contributed by atoms with Crippen LogP contribution < -0.4 is 16.0 Å². The third kappa shape index (κ3) is 5.05. The van der Waals surface area contributed by atoms with E-state index in [0.29, 0.717) is 10.7 Å². The maximum atomic E-state index is 13.3. The Morgan fingerprint density at radius 2 is 1.57 bits per heavy atom. The van der Waals surface area contributed by atoms with Crippen LogP contribution in [0.15, 0.2) is 48.5 Å². The molecule has 0 atom stereocenters. The van der Waals surface area contributed by atoms with Gasteiger partial charge in [0.25, 0.3) is 5.91 Å². The lowest BCUT2D eigenvalue weighted by molar-refractivity contribution is -0.122. The van der Waals surface area contributed by atoms with E-state index in [0.717, 1.165) is 86.4 Å². The van der Waals surface area contributed by atoms with Gasteiger partial charge >= 0.3 is 0 Å². The number of rotatable bonds is 5. The fourth-order valence-corrected chi connectivity index (χ4v) is 5.25. The second-order valence-corrected chi connectivity index (χ2v) is 9.82. The molecule has 2 aromatic carbocycles. The van der Waals surface area contributed by atoms with E-state index in [-0.39, 0.29) is 17.7 Å². The highest BCUT2D eigenvalue weighted by atomic mass is 35.5. The van der Waals surface area contributed by atoms with E-state index in [1.165, 1.54) is 0 Å². The fourth-order valence-electron chi connectivity index (χ4n) is 5.12. The number of hydrogen-bond acceptors (Lipinski definition) is 4. The molecule has 2 aliphatic rings. The van der Waals surface area contributed by atoms with Gasteiger partial charge in [-0.15, -0.1) is 0 Å². The van der Waals surface area contributed by atoms with Crippen molar-refractivity contribution in [2.75, 3.05) is 23.3 Å². The Bertz CT molecular complexity index is 1210. The number of piperidine rings is 1. The molecule has 0 saturated carbocycles. The van der Waals surface area contributed by atoms with E-state index in [9.17, 15) is 9.59 Å². The second-order valence-electron chi connectivity index (χ2n) is 9.39. The molecule has 3 aromatic rings. The summed E-state index contributed by atoms with van der Waals surface area (Å²) in [5.74, 6) is -0.433. The van der Waals surface area contributed by atoms with E-state index in [4.69, 9.17) is 22.4 Å². The van der Waals surface area contributed by atoms with E-state index >= 15 is 0 Å². The molecule has 1 aliphatic carbocycles. The molecule has 5 rings (SSSR count). The summed E-state index contributed by atoms with van der Waals surface area (Å²) in [4.78, 5) is 27.0. The molecule has 2 heterocycles. The molecule has 35 heavy (non-hydrogen) atoms. The van der Waals surface area contributed by atoms with Crippen LogP contribution in [-0.2, 0) is 17.6 Å². The molecule has 0 radical (unpaired) electrons. The monoisotopic (exact) mass is 491 g/mol. The second kappa shape index (κ2) is 10.1. The minimum Gasteiger partial charge on any atom is -0.371 e. The van der Waals surface area contributed by atoms with Crippen molar-refractivity contribution in [1.82, 2.24) is 9.78 Å². The number of aromatic nitrogens is 2. The zero-order chi connectivity index (χ0) is 24.4. The van der Waals surface area contributed by atoms with E-state index < -0.39 is 0 Å². The van der Waals surface area contributed by atoms with Crippen molar-refractivity contribution in [3.05, 3.63) is 70.5 Å². The molecule has 0 unspecified atom stereocenters. The molecular formula is C27H30ClN5O2.